The van der Waals surface area contributed by atoms with Gasteiger partial charge in [-0.15, -0.1) is 0 Å². The minimum Gasteiger partial charge on any atom is -0.279 e. The molecule has 0 bridgehead atoms. The van der Waals surface area contributed by atoms with Crippen LogP contribution in [0.25, 0.3) is 0 Å². The molecule has 0 N–H and O–H groups in total. The van der Waals surface area contributed by atoms with Gasteiger partial charge in [0.05, 0.1) is 11.3 Å². The van der Waals surface area contributed by atoms with E-state index in [2.05, 4.69) is 5.10 Å². The number of aryl methyl sites for hydroxylation is 1. The van der Waals surface area contributed by atoms with Crippen molar-refractivity contribution >= 4 is 16.9 Å². The summed E-state index contributed by atoms with van der Waals surface area (Å²) in [5.74, 6) is 0. The van der Waals surface area contributed by atoms with Gasteiger partial charge in [0.2, 0.25) is 5.12 Å². The Hall–Kier alpha value is -1.76. The molecule has 0 amide bonds. The Bertz CT molecular complexity index is 730. The highest BCUT2D eigenvalue weighted by Gasteiger charge is 2.30. The second-order valence-electron chi connectivity index (χ2n) is 6.20. The molecule has 1 aromatic heterocycles. The van der Waals surface area contributed by atoms with Gasteiger partial charge in [0, 0.05) is 17.4 Å². The lowest BCUT2D eigenvalue weighted by Gasteiger charge is -2.13. The molecule has 1 heterocycles. The molecule has 7 heteroatoms. The summed E-state index contributed by atoms with van der Waals surface area (Å²) in [5, 5.41) is 3.97. The molecular formula is C16H17F3N2OS. The van der Waals surface area contributed by atoms with Gasteiger partial charge < -0.3 is 0 Å². The number of nitrogens with zero attached hydrogens (tertiary/aromatic N) is 2. The summed E-state index contributed by atoms with van der Waals surface area (Å²) in [7, 11) is 1.65. The number of rotatable bonds is 2. The highest BCUT2D eigenvalue weighted by atomic mass is 32.2. The van der Waals surface area contributed by atoms with Crippen LogP contribution >= 0.6 is 11.8 Å². The van der Waals surface area contributed by atoms with Gasteiger partial charge in [0.25, 0.3) is 0 Å². The van der Waals surface area contributed by atoms with Gasteiger partial charge in [-0.25, -0.2) is 0 Å². The van der Waals surface area contributed by atoms with Gasteiger partial charge in [0.1, 0.15) is 5.69 Å². The minimum absolute atomic E-state index is 0.211. The van der Waals surface area contributed by atoms with Crippen molar-refractivity contribution < 1.29 is 18.0 Å². The van der Waals surface area contributed by atoms with Crippen molar-refractivity contribution in [2.24, 2.45) is 7.05 Å². The van der Waals surface area contributed by atoms with E-state index in [9.17, 15) is 18.0 Å². The first-order valence-electron chi connectivity index (χ1n) is 6.92. The fourth-order valence-electron chi connectivity index (χ4n) is 1.92. The smallest absolute Gasteiger partial charge is 0.279 e. The molecule has 23 heavy (non-hydrogen) atoms. The van der Waals surface area contributed by atoms with Gasteiger partial charge in [-0.1, -0.05) is 26.8 Å². The highest BCUT2D eigenvalue weighted by Crippen LogP contribution is 2.33. The predicted molar refractivity (Wildman–Crippen MR) is 83.5 cm³/mol. The Kier molecular flexibility index (Phi) is 4.61. The van der Waals surface area contributed by atoms with Crippen LogP contribution in [0.15, 0.2) is 35.2 Å². The van der Waals surface area contributed by atoms with Crippen LogP contribution in [0.5, 0.6) is 0 Å². The lowest BCUT2D eigenvalue weighted by molar-refractivity contribution is -0.137. The molecule has 0 saturated heterocycles. The Morgan fingerprint density at radius 1 is 1.17 bits per heavy atom. The molecule has 0 aliphatic heterocycles. The molecule has 0 spiro atoms. The van der Waals surface area contributed by atoms with Crippen molar-refractivity contribution in [3.63, 3.8) is 0 Å². The monoisotopic (exact) mass is 342 g/mol. The van der Waals surface area contributed by atoms with Crippen LogP contribution in [-0.4, -0.2) is 14.9 Å². The molecule has 0 fully saturated rings. The quantitative estimate of drug-likeness (QED) is 0.744. The SMILES string of the molecule is Cn1nc(C(C)(C)C)cc1C(=O)Sc1cccc(C(F)(F)F)c1. The predicted octanol–water partition coefficient (Wildman–Crippen LogP) is 4.67. The summed E-state index contributed by atoms with van der Waals surface area (Å²) < 4.78 is 39.6. The fourth-order valence-corrected chi connectivity index (χ4v) is 2.76. The number of aromatic nitrogens is 2. The minimum atomic E-state index is -4.43. The maximum absolute atomic E-state index is 12.7. The number of hydrogen-bond acceptors (Lipinski definition) is 3. The van der Waals surface area contributed by atoms with Gasteiger partial charge in [-0.2, -0.15) is 18.3 Å². The van der Waals surface area contributed by atoms with Crippen molar-refractivity contribution in [2.45, 2.75) is 37.3 Å². The number of thioether (sulfide) groups is 1. The summed E-state index contributed by atoms with van der Waals surface area (Å²) in [6, 6.07) is 6.42. The van der Waals surface area contributed by atoms with E-state index in [0.717, 1.165) is 29.6 Å². The molecule has 1 aromatic carbocycles. The standard InChI is InChI=1S/C16H17F3N2OS/c1-15(2,3)13-9-12(21(4)20-13)14(22)23-11-7-5-6-10(8-11)16(17,18)19/h5-9H,1-4H3. The maximum Gasteiger partial charge on any atom is 0.416 e. The lowest BCUT2D eigenvalue weighted by Crippen LogP contribution is -2.12. The number of hydrogen-bond donors (Lipinski definition) is 0. The average Bonchev–Trinajstić information content (AvgIpc) is 2.80. The van der Waals surface area contributed by atoms with E-state index in [1.165, 1.54) is 16.8 Å². The van der Waals surface area contributed by atoms with E-state index < -0.39 is 11.7 Å². The third-order valence-corrected chi connectivity index (χ3v) is 4.11. The van der Waals surface area contributed by atoms with Crippen LogP contribution in [0.1, 0.15) is 42.5 Å². The first-order chi connectivity index (χ1) is 10.5. The van der Waals surface area contributed by atoms with E-state index in [0.29, 0.717) is 5.69 Å². The van der Waals surface area contributed by atoms with Crippen molar-refractivity contribution in [3.8, 4) is 0 Å². The molecule has 0 atom stereocenters. The maximum atomic E-state index is 12.7. The molecule has 0 saturated carbocycles. The van der Waals surface area contributed by atoms with Crippen molar-refractivity contribution in [2.75, 3.05) is 0 Å². The molecule has 0 unspecified atom stereocenters. The molecule has 0 aliphatic carbocycles. The van der Waals surface area contributed by atoms with Crippen molar-refractivity contribution in [1.29, 1.82) is 0 Å². The van der Waals surface area contributed by atoms with E-state index in [4.69, 9.17) is 0 Å². The van der Waals surface area contributed by atoms with E-state index >= 15 is 0 Å². The number of benzene rings is 1. The molecule has 2 aromatic rings. The van der Waals surface area contributed by atoms with Gasteiger partial charge in [0.15, 0.2) is 0 Å². The van der Waals surface area contributed by atoms with Gasteiger partial charge in [-0.3, -0.25) is 9.48 Å². The number of alkyl halides is 3. The average molecular weight is 342 g/mol. The van der Waals surface area contributed by atoms with Crippen LogP contribution in [0.2, 0.25) is 0 Å². The number of carbonyl (C=O) groups excluding carboxylic acids is 1. The van der Waals surface area contributed by atoms with E-state index in [1.807, 2.05) is 20.8 Å². The van der Waals surface area contributed by atoms with Crippen LogP contribution in [0, 0.1) is 0 Å². The topological polar surface area (TPSA) is 34.9 Å². The van der Waals surface area contributed by atoms with Crippen LogP contribution in [0.4, 0.5) is 13.2 Å². The summed E-state index contributed by atoms with van der Waals surface area (Å²) in [6.07, 6.45) is -4.43. The first kappa shape index (κ1) is 17.6. The largest absolute Gasteiger partial charge is 0.416 e. The van der Waals surface area contributed by atoms with Crippen molar-refractivity contribution in [1.82, 2.24) is 9.78 Å². The Labute approximate surface area is 136 Å². The second-order valence-corrected chi connectivity index (χ2v) is 7.25. The molecular weight excluding hydrogens is 325 g/mol. The fraction of sp³-hybridized carbons (Fsp3) is 0.375. The Morgan fingerprint density at radius 2 is 1.83 bits per heavy atom. The normalized spacial score (nSPS) is 12.5. The Balaban J connectivity index is 2.25. The summed E-state index contributed by atoms with van der Waals surface area (Å²) >= 11 is 0.765. The van der Waals surface area contributed by atoms with Crippen LogP contribution in [-0.2, 0) is 18.6 Å². The zero-order valence-electron chi connectivity index (χ0n) is 13.2. The lowest BCUT2D eigenvalue weighted by atomic mass is 9.92. The first-order valence-corrected chi connectivity index (χ1v) is 7.74. The van der Waals surface area contributed by atoms with E-state index in [-0.39, 0.29) is 15.4 Å². The summed E-state index contributed by atoms with van der Waals surface area (Å²) in [4.78, 5) is 12.6. The molecule has 0 radical (unpaired) electrons. The summed E-state index contributed by atoms with van der Waals surface area (Å²) in [6.45, 7) is 5.93. The second kappa shape index (κ2) is 6.03. The Morgan fingerprint density at radius 3 is 2.35 bits per heavy atom. The third kappa shape index (κ3) is 4.16. The molecule has 0 aliphatic rings. The zero-order chi connectivity index (χ0) is 17.4. The summed E-state index contributed by atoms with van der Waals surface area (Å²) in [5.41, 5.74) is 0.137. The molecule has 124 valence electrons. The van der Waals surface area contributed by atoms with Crippen LogP contribution in [0.3, 0.4) is 0 Å². The number of carbonyl (C=O) groups is 1. The highest BCUT2D eigenvalue weighted by molar-refractivity contribution is 8.14. The third-order valence-electron chi connectivity index (χ3n) is 3.23. The molecule has 3 nitrogen and oxygen atoms in total. The zero-order valence-corrected chi connectivity index (χ0v) is 14.0. The van der Waals surface area contributed by atoms with E-state index in [1.54, 1.807) is 13.1 Å². The van der Waals surface area contributed by atoms with Crippen molar-refractivity contribution in [3.05, 3.63) is 47.3 Å². The molecule has 2 rings (SSSR count). The van der Waals surface area contributed by atoms with Crippen LogP contribution < -0.4 is 0 Å². The number of halogens is 3. The van der Waals surface area contributed by atoms with Gasteiger partial charge in [-0.05, 0) is 36.0 Å². The van der Waals surface area contributed by atoms with Gasteiger partial charge >= 0.3 is 6.18 Å².